The van der Waals surface area contributed by atoms with Crippen molar-refractivity contribution in [3.63, 3.8) is 0 Å². The Morgan fingerprint density at radius 2 is 1.95 bits per heavy atom. The van der Waals surface area contributed by atoms with E-state index in [9.17, 15) is 4.79 Å². The Balaban J connectivity index is 2.21. The van der Waals surface area contributed by atoms with E-state index in [2.05, 4.69) is 5.32 Å². The first-order chi connectivity index (χ1) is 10.2. The van der Waals surface area contributed by atoms with Crippen LogP contribution in [0.1, 0.15) is 15.9 Å². The summed E-state index contributed by atoms with van der Waals surface area (Å²) >= 11 is 5.99. The number of halogens is 1. The fourth-order valence-corrected chi connectivity index (χ4v) is 2.16. The number of nitrogens with one attached hydrogen (secondary N) is 1. The second-order valence-electron chi connectivity index (χ2n) is 4.35. The summed E-state index contributed by atoms with van der Waals surface area (Å²) in [6, 6.07) is 12.6. The molecule has 0 amide bonds. The van der Waals surface area contributed by atoms with Crippen molar-refractivity contribution in [2.45, 2.75) is 6.54 Å². The number of methoxy groups -OCH3 is 2. The van der Waals surface area contributed by atoms with Gasteiger partial charge in [0.15, 0.2) is 0 Å². The molecule has 4 nitrogen and oxygen atoms in total. The molecule has 0 aromatic heterocycles. The molecule has 0 spiro atoms. The van der Waals surface area contributed by atoms with Crippen molar-refractivity contribution in [1.82, 2.24) is 0 Å². The zero-order chi connectivity index (χ0) is 15.2. The van der Waals surface area contributed by atoms with Gasteiger partial charge >= 0.3 is 5.97 Å². The molecule has 2 rings (SSSR count). The lowest BCUT2D eigenvalue weighted by molar-refractivity contribution is 0.0599. The predicted molar refractivity (Wildman–Crippen MR) is 83.1 cm³/mol. The molecular formula is C16H16ClNO3. The highest BCUT2D eigenvalue weighted by Crippen LogP contribution is 2.28. The van der Waals surface area contributed by atoms with Crippen LogP contribution in [0.4, 0.5) is 5.69 Å². The SMILES string of the molecule is COC(=O)c1ccccc1CNc1cc(Cl)ccc1OC. The van der Waals surface area contributed by atoms with Gasteiger partial charge in [0.1, 0.15) is 5.75 Å². The number of esters is 1. The van der Waals surface area contributed by atoms with Crippen LogP contribution in [0.5, 0.6) is 5.75 Å². The summed E-state index contributed by atoms with van der Waals surface area (Å²) in [4.78, 5) is 11.7. The summed E-state index contributed by atoms with van der Waals surface area (Å²) in [7, 11) is 2.96. The number of hydrogen-bond donors (Lipinski definition) is 1. The van der Waals surface area contributed by atoms with Gasteiger partial charge in [-0.1, -0.05) is 29.8 Å². The Kier molecular flexibility index (Phi) is 5.06. The lowest BCUT2D eigenvalue weighted by atomic mass is 10.1. The number of anilines is 1. The van der Waals surface area contributed by atoms with Crippen molar-refractivity contribution in [1.29, 1.82) is 0 Å². The zero-order valence-corrected chi connectivity index (χ0v) is 12.6. The topological polar surface area (TPSA) is 47.6 Å². The molecule has 5 heteroatoms. The minimum absolute atomic E-state index is 0.356. The third-order valence-corrected chi connectivity index (χ3v) is 3.29. The van der Waals surface area contributed by atoms with Gasteiger partial charge in [0.05, 0.1) is 25.5 Å². The smallest absolute Gasteiger partial charge is 0.338 e. The second kappa shape index (κ2) is 6.99. The van der Waals surface area contributed by atoms with Crippen molar-refractivity contribution in [2.24, 2.45) is 0 Å². The molecule has 0 heterocycles. The van der Waals surface area contributed by atoms with Crippen LogP contribution in [0.3, 0.4) is 0 Å². The molecule has 2 aromatic rings. The predicted octanol–water partition coefficient (Wildman–Crippen LogP) is 3.75. The number of hydrogen-bond acceptors (Lipinski definition) is 4. The van der Waals surface area contributed by atoms with Crippen LogP contribution in [-0.2, 0) is 11.3 Å². The van der Waals surface area contributed by atoms with E-state index in [-0.39, 0.29) is 5.97 Å². The van der Waals surface area contributed by atoms with E-state index in [1.165, 1.54) is 7.11 Å². The molecule has 0 saturated carbocycles. The maximum absolute atomic E-state index is 11.7. The molecule has 0 radical (unpaired) electrons. The van der Waals surface area contributed by atoms with Gasteiger partial charge in [-0.2, -0.15) is 0 Å². The van der Waals surface area contributed by atoms with Gasteiger partial charge in [-0.25, -0.2) is 4.79 Å². The molecule has 0 unspecified atom stereocenters. The van der Waals surface area contributed by atoms with Gasteiger partial charge in [-0.15, -0.1) is 0 Å². The molecule has 1 N–H and O–H groups in total. The molecule has 110 valence electrons. The van der Waals surface area contributed by atoms with E-state index < -0.39 is 0 Å². The number of carbonyl (C=O) groups excluding carboxylic acids is 1. The maximum atomic E-state index is 11.7. The van der Waals surface area contributed by atoms with Crippen molar-refractivity contribution < 1.29 is 14.3 Å². The number of benzene rings is 2. The van der Waals surface area contributed by atoms with Crippen LogP contribution in [-0.4, -0.2) is 20.2 Å². The van der Waals surface area contributed by atoms with Crippen LogP contribution < -0.4 is 10.1 Å². The third-order valence-electron chi connectivity index (χ3n) is 3.05. The molecule has 0 aliphatic rings. The first-order valence-electron chi connectivity index (χ1n) is 6.39. The van der Waals surface area contributed by atoms with Gasteiger partial charge in [0, 0.05) is 11.6 Å². The van der Waals surface area contributed by atoms with Crippen LogP contribution in [0, 0.1) is 0 Å². The fourth-order valence-electron chi connectivity index (χ4n) is 1.99. The van der Waals surface area contributed by atoms with Crippen LogP contribution >= 0.6 is 11.6 Å². The number of carbonyl (C=O) groups is 1. The maximum Gasteiger partial charge on any atom is 0.338 e. The zero-order valence-electron chi connectivity index (χ0n) is 11.9. The van der Waals surface area contributed by atoms with E-state index in [1.54, 1.807) is 37.4 Å². The standard InChI is InChI=1S/C16H16ClNO3/c1-20-15-8-7-12(17)9-14(15)18-10-11-5-3-4-6-13(11)16(19)21-2/h3-9,18H,10H2,1-2H3. The number of rotatable bonds is 5. The minimum atomic E-state index is -0.356. The Bertz CT molecular complexity index is 643. The lowest BCUT2D eigenvalue weighted by Crippen LogP contribution is -2.09. The highest BCUT2D eigenvalue weighted by molar-refractivity contribution is 6.30. The molecule has 0 saturated heterocycles. The fraction of sp³-hybridized carbons (Fsp3) is 0.188. The Morgan fingerprint density at radius 1 is 1.19 bits per heavy atom. The third kappa shape index (κ3) is 3.67. The Labute approximate surface area is 128 Å². The van der Waals surface area contributed by atoms with Crippen molar-refractivity contribution in [3.05, 3.63) is 58.6 Å². The lowest BCUT2D eigenvalue weighted by Gasteiger charge is -2.13. The summed E-state index contributed by atoms with van der Waals surface area (Å²) in [6.45, 7) is 0.460. The summed E-state index contributed by atoms with van der Waals surface area (Å²) in [5.41, 5.74) is 2.14. The van der Waals surface area contributed by atoms with Gasteiger partial charge in [-0.05, 0) is 29.8 Å². The van der Waals surface area contributed by atoms with Crippen LogP contribution in [0.25, 0.3) is 0 Å². The highest BCUT2D eigenvalue weighted by Gasteiger charge is 2.11. The van der Waals surface area contributed by atoms with Crippen molar-refractivity contribution in [3.8, 4) is 5.75 Å². The van der Waals surface area contributed by atoms with Crippen molar-refractivity contribution in [2.75, 3.05) is 19.5 Å². The number of ether oxygens (including phenoxy) is 2. The van der Waals surface area contributed by atoms with Crippen LogP contribution in [0.2, 0.25) is 5.02 Å². The Morgan fingerprint density at radius 3 is 2.67 bits per heavy atom. The normalized spacial score (nSPS) is 10.0. The van der Waals surface area contributed by atoms with Crippen molar-refractivity contribution >= 4 is 23.3 Å². The van der Waals surface area contributed by atoms with Gasteiger partial charge < -0.3 is 14.8 Å². The molecule has 0 bridgehead atoms. The summed E-state index contributed by atoms with van der Waals surface area (Å²) in [5, 5.41) is 3.83. The van der Waals surface area contributed by atoms with E-state index in [1.807, 2.05) is 12.1 Å². The summed E-state index contributed by atoms with van der Waals surface area (Å²) < 4.78 is 10.1. The van der Waals surface area contributed by atoms with Gasteiger partial charge in [-0.3, -0.25) is 0 Å². The average molecular weight is 306 g/mol. The van der Waals surface area contributed by atoms with E-state index >= 15 is 0 Å². The first kappa shape index (κ1) is 15.2. The average Bonchev–Trinajstić information content (AvgIpc) is 2.52. The quantitative estimate of drug-likeness (QED) is 0.855. The summed E-state index contributed by atoms with van der Waals surface area (Å²) in [5.74, 6) is 0.334. The molecule has 0 aliphatic heterocycles. The molecule has 21 heavy (non-hydrogen) atoms. The molecule has 0 aliphatic carbocycles. The monoisotopic (exact) mass is 305 g/mol. The van der Waals surface area contributed by atoms with Gasteiger partial charge in [0.25, 0.3) is 0 Å². The second-order valence-corrected chi connectivity index (χ2v) is 4.78. The minimum Gasteiger partial charge on any atom is -0.495 e. The van der Waals surface area contributed by atoms with Crippen LogP contribution in [0.15, 0.2) is 42.5 Å². The summed E-state index contributed by atoms with van der Waals surface area (Å²) in [6.07, 6.45) is 0. The van der Waals surface area contributed by atoms with E-state index in [0.29, 0.717) is 22.9 Å². The van der Waals surface area contributed by atoms with E-state index in [4.69, 9.17) is 21.1 Å². The molecule has 0 atom stereocenters. The first-order valence-corrected chi connectivity index (χ1v) is 6.77. The van der Waals surface area contributed by atoms with E-state index in [0.717, 1.165) is 11.3 Å². The molecule has 2 aromatic carbocycles. The molecule has 0 fully saturated rings. The highest BCUT2D eigenvalue weighted by atomic mass is 35.5. The Hall–Kier alpha value is -2.20. The molecular weight excluding hydrogens is 290 g/mol. The largest absolute Gasteiger partial charge is 0.495 e. The van der Waals surface area contributed by atoms with Gasteiger partial charge in [0.2, 0.25) is 0 Å².